The number of fused-ring (bicyclic) bond motifs is 1. The van der Waals surface area contributed by atoms with Gasteiger partial charge in [-0.05, 0) is 67.9 Å². The number of carbonyl (C=O) groups excluding carboxylic acids is 1. The summed E-state index contributed by atoms with van der Waals surface area (Å²) in [4.78, 5) is 13.0. The Balaban J connectivity index is 1.51. The van der Waals surface area contributed by atoms with Crippen molar-refractivity contribution in [1.29, 1.82) is 0 Å². The summed E-state index contributed by atoms with van der Waals surface area (Å²) in [7, 11) is -3.94. The van der Waals surface area contributed by atoms with Crippen molar-refractivity contribution in [3.63, 3.8) is 0 Å². The lowest BCUT2D eigenvalue weighted by atomic mass is 10.2. The standard InChI is InChI=1S/C25H25ClN2O5S/c1-17(2)32-20-11-7-18(8-12-20)15-27-25(29)24-16-28(22-5-3-4-6-23(22)33-24)34(30,31)21-13-9-19(26)10-14-21/h3-14,17,24H,15-16H2,1-2H3,(H,27,29)/t24-/m1/s1. The number of sulfonamides is 1. The Hall–Kier alpha value is -3.23. The van der Waals surface area contributed by atoms with E-state index < -0.39 is 22.0 Å². The Labute approximate surface area is 204 Å². The first-order chi connectivity index (χ1) is 16.2. The molecule has 1 heterocycles. The van der Waals surface area contributed by atoms with Crippen molar-refractivity contribution < 1.29 is 22.7 Å². The van der Waals surface area contributed by atoms with E-state index >= 15 is 0 Å². The largest absolute Gasteiger partial charge is 0.491 e. The van der Waals surface area contributed by atoms with Crippen LogP contribution in [-0.4, -0.2) is 33.1 Å². The van der Waals surface area contributed by atoms with Crippen LogP contribution in [0.2, 0.25) is 5.02 Å². The molecule has 0 radical (unpaired) electrons. The smallest absolute Gasteiger partial charge is 0.264 e. The molecule has 178 valence electrons. The first kappa shape index (κ1) is 23.9. The first-order valence-corrected chi connectivity index (χ1v) is 12.6. The van der Waals surface area contributed by atoms with Crippen LogP contribution in [0.4, 0.5) is 5.69 Å². The van der Waals surface area contributed by atoms with Gasteiger partial charge in [0.1, 0.15) is 11.5 Å². The first-order valence-electron chi connectivity index (χ1n) is 10.8. The Morgan fingerprint density at radius 3 is 2.44 bits per heavy atom. The van der Waals surface area contributed by atoms with Crippen molar-refractivity contribution in [2.75, 3.05) is 10.8 Å². The molecule has 0 saturated heterocycles. The molecular weight excluding hydrogens is 476 g/mol. The zero-order valence-electron chi connectivity index (χ0n) is 18.8. The minimum Gasteiger partial charge on any atom is -0.491 e. The second-order valence-corrected chi connectivity index (χ2v) is 10.4. The van der Waals surface area contributed by atoms with Crippen LogP contribution in [0.5, 0.6) is 11.5 Å². The molecule has 1 aliphatic rings. The highest BCUT2D eigenvalue weighted by Crippen LogP contribution is 2.37. The fourth-order valence-corrected chi connectivity index (χ4v) is 5.16. The summed E-state index contributed by atoms with van der Waals surface area (Å²) in [5.41, 5.74) is 1.26. The van der Waals surface area contributed by atoms with E-state index in [9.17, 15) is 13.2 Å². The summed E-state index contributed by atoms with van der Waals surface area (Å²) < 4.78 is 39.5. The Morgan fingerprint density at radius 2 is 1.76 bits per heavy atom. The molecule has 0 aliphatic carbocycles. The molecule has 0 saturated carbocycles. The van der Waals surface area contributed by atoms with E-state index in [0.717, 1.165) is 11.3 Å². The molecule has 1 aliphatic heterocycles. The van der Waals surface area contributed by atoms with E-state index in [-0.39, 0.29) is 24.1 Å². The zero-order valence-corrected chi connectivity index (χ0v) is 20.3. The lowest BCUT2D eigenvalue weighted by Gasteiger charge is -2.34. The number of rotatable bonds is 7. The van der Waals surface area contributed by atoms with Crippen molar-refractivity contribution in [3.8, 4) is 11.5 Å². The molecule has 0 spiro atoms. The van der Waals surface area contributed by atoms with Gasteiger partial charge >= 0.3 is 0 Å². The maximum Gasteiger partial charge on any atom is 0.264 e. The van der Waals surface area contributed by atoms with Crippen molar-refractivity contribution in [3.05, 3.63) is 83.4 Å². The number of hydrogen-bond acceptors (Lipinski definition) is 5. The van der Waals surface area contributed by atoms with Gasteiger partial charge in [-0.2, -0.15) is 0 Å². The molecule has 9 heteroatoms. The summed E-state index contributed by atoms with van der Waals surface area (Å²) in [5, 5.41) is 3.27. The van der Waals surface area contributed by atoms with Gasteiger partial charge in [-0.3, -0.25) is 9.10 Å². The van der Waals surface area contributed by atoms with E-state index in [4.69, 9.17) is 21.1 Å². The number of para-hydroxylation sites is 2. The summed E-state index contributed by atoms with van der Waals surface area (Å²) in [6.07, 6.45) is -0.940. The quantitative estimate of drug-likeness (QED) is 0.519. The van der Waals surface area contributed by atoms with Crippen LogP contribution in [0.15, 0.2) is 77.7 Å². The van der Waals surface area contributed by atoms with Gasteiger partial charge < -0.3 is 14.8 Å². The van der Waals surface area contributed by atoms with E-state index in [0.29, 0.717) is 16.5 Å². The lowest BCUT2D eigenvalue weighted by molar-refractivity contribution is -0.127. The van der Waals surface area contributed by atoms with Gasteiger partial charge in [-0.1, -0.05) is 35.9 Å². The predicted octanol–water partition coefficient (Wildman–Crippen LogP) is 4.40. The molecule has 4 rings (SSSR count). The second-order valence-electron chi connectivity index (χ2n) is 8.09. The van der Waals surface area contributed by atoms with Crippen molar-refractivity contribution in [1.82, 2.24) is 5.32 Å². The third kappa shape index (κ3) is 5.29. The molecule has 0 fully saturated rings. The number of halogens is 1. The molecule has 0 bridgehead atoms. The molecule has 7 nitrogen and oxygen atoms in total. The average molecular weight is 501 g/mol. The molecule has 1 N–H and O–H groups in total. The third-order valence-electron chi connectivity index (χ3n) is 5.19. The summed E-state index contributed by atoms with van der Waals surface area (Å²) in [6.45, 7) is 4.01. The molecule has 3 aromatic rings. The molecule has 3 aromatic carbocycles. The van der Waals surface area contributed by atoms with Crippen LogP contribution in [0.3, 0.4) is 0 Å². The van der Waals surface area contributed by atoms with Crippen molar-refractivity contribution >= 4 is 33.2 Å². The van der Waals surface area contributed by atoms with Gasteiger partial charge in [0.15, 0.2) is 6.10 Å². The highest BCUT2D eigenvalue weighted by Gasteiger charge is 2.37. The van der Waals surface area contributed by atoms with E-state index in [1.54, 1.807) is 24.3 Å². The van der Waals surface area contributed by atoms with Crippen LogP contribution >= 0.6 is 11.6 Å². The number of benzene rings is 3. The number of amides is 1. The highest BCUT2D eigenvalue weighted by molar-refractivity contribution is 7.92. The number of hydrogen-bond donors (Lipinski definition) is 1. The van der Waals surface area contributed by atoms with Crippen LogP contribution in [-0.2, 0) is 21.4 Å². The number of ether oxygens (including phenoxy) is 2. The Bertz CT molecular complexity index is 1260. The second kappa shape index (κ2) is 9.95. The van der Waals surface area contributed by atoms with Crippen LogP contribution in [0.25, 0.3) is 0 Å². The maximum atomic E-state index is 13.4. The van der Waals surface area contributed by atoms with Gasteiger partial charge in [0.05, 0.1) is 23.2 Å². The fourth-order valence-electron chi connectivity index (χ4n) is 3.56. The van der Waals surface area contributed by atoms with Crippen LogP contribution < -0.4 is 19.1 Å². The summed E-state index contributed by atoms with van der Waals surface area (Å²) in [5.74, 6) is 0.662. The molecule has 34 heavy (non-hydrogen) atoms. The summed E-state index contributed by atoms with van der Waals surface area (Å²) in [6, 6.07) is 20.1. The van der Waals surface area contributed by atoms with E-state index in [1.807, 2.05) is 38.1 Å². The number of nitrogens with one attached hydrogen (secondary N) is 1. The number of carbonyl (C=O) groups is 1. The zero-order chi connectivity index (χ0) is 24.3. The Kier molecular flexibility index (Phi) is 7.00. The van der Waals surface area contributed by atoms with Gasteiger partial charge in [-0.15, -0.1) is 0 Å². The van der Waals surface area contributed by atoms with E-state index in [1.165, 1.54) is 28.6 Å². The highest BCUT2D eigenvalue weighted by atomic mass is 35.5. The minimum atomic E-state index is -3.94. The molecular formula is C25H25ClN2O5S. The monoisotopic (exact) mass is 500 g/mol. The Morgan fingerprint density at radius 1 is 1.09 bits per heavy atom. The minimum absolute atomic E-state index is 0.0731. The van der Waals surface area contributed by atoms with Gasteiger partial charge in [0.2, 0.25) is 0 Å². The predicted molar refractivity (Wildman–Crippen MR) is 131 cm³/mol. The SMILES string of the molecule is CC(C)Oc1ccc(CNC(=O)[C@H]2CN(S(=O)(=O)c3ccc(Cl)cc3)c3ccccc3O2)cc1. The van der Waals surface area contributed by atoms with Gasteiger partial charge in [0.25, 0.3) is 15.9 Å². The van der Waals surface area contributed by atoms with E-state index in [2.05, 4.69) is 5.32 Å². The molecule has 1 atom stereocenters. The van der Waals surface area contributed by atoms with Crippen LogP contribution in [0, 0.1) is 0 Å². The maximum absolute atomic E-state index is 13.4. The average Bonchev–Trinajstić information content (AvgIpc) is 2.82. The topological polar surface area (TPSA) is 84.9 Å². The summed E-state index contributed by atoms with van der Waals surface area (Å²) >= 11 is 5.92. The molecule has 1 amide bonds. The van der Waals surface area contributed by atoms with Gasteiger partial charge in [-0.25, -0.2) is 8.42 Å². The number of anilines is 1. The molecule has 0 aromatic heterocycles. The van der Waals surface area contributed by atoms with Crippen LogP contribution in [0.1, 0.15) is 19.4 Å². The number of nitrogens with zero attached hydrogens (tertiary/aromatic N) is 1. The third-order valence-corrected chi connectivity index (χ3v) is 7.24. The fraction of sp³-hybridized carbons (Fsp3) is 0.240. The van der Waals surface area contributed by atoms with Gasteiger partial charge in [0, 0.05) is 11.6 Å². The molecule has 0 unspecified atom stereocenters. The van der Waals surface area contributed by atoms with Crippen molar-refractivity contribution in [2.24, 2.45) is 0 Å². The lowest BCUT2D eigenvalue weighted by Crippen LogP contribution is -2.50. The van der Waals surface area contributed by atoms with Crippen molar-refractivity contribution in [2.45, 2.75) is 37.5 Å². The normalized spacial score (nSPS) is 15.4.